The maximum atomic E-state index is 5.54. The maximum Gasteiger partial charge on any atom is 0.118 e. The summed E-state index contributed by atoms with van der Waals surface area (Å²) < 4.78 is 5.54. The van der Waals surface area contributed by atoms with Gasteiger partial charge >= 0.3 is 0 Å². The van der Waals surface area contributed by atoms with Crippen LogP contribution in [0, 0.1) is 12.3 Å². The number of hydrogen-bond acceptors (Lipinski definition) is 3. The van der Waals surface area contributed by atoms with E-state index >= 15 is 0 Å². The fourth-order valence-electron chi connectivity index (χ4n) is 1.67. The van der Waals surface area contributed by atoms with Crippen molar-refractivity contribution in [2.24, 2.45) is 5.41 Å². The van der Waals surface area contributed by atoms with Crippen molar-refractivity contribution in [2.45, 2.75) is 27.3 Å². The Morgan fingerprint density at radius 2 is 2.07 bits per heavy atom. The van der Waals surface area contributed by atoms with E-state index in [0.717, 1.165) is 30.4 Å². The van der Waals surface area contributed by atoms with Gasteiger partial charge in [0, 0.05) is 6.54 Å². The van der Waals surface area contributed by atoms with E-state index in [2.05, 4.69) is 38.4 Å². The predicted molar refractivity (Wildman–Crippen MR) is 67.4 cm³/mol. The molecule has 0 saturated carbocycles. The average molecular weight is 227 g/mol. The number of thiol groups is 1. The third kappa shape index (κ3) is 4.31. The molecule has 0 N–H and O–H groups in total. The molecule has 0 atom stereocenters. The molecule has 0 unspecified atom stereocenters. The van der Waals surface area contributed by atoms with Gasteiger partial charge in [-0.1, -0.05) is 13.8 Å². The van der Waals surface area contributed by atoms with E-state index < -0.39 is 0 Å². The summed E-state index contributed by atoms with van der Waals surface area (Å²) in [5.41, 5.74) is 0.250. The minimum atomic E-state index is 0.250. The molecule has 0 aromatic carbocycles. The van der Waals surface area contributed by atoms with Crippen molar-refractivity contribution >= 4 is 12.6 Å². The zero-order chi connectivity index (χ0) is 11.5. The zero-order valence-electron chi connectivity index (χ0n) is 10.1. The molecule has 1 aromatic rings. The number of furan rings is 1. The monoisotopic (exact) mass is 227 g/mol. The maximum absolute atomic E-state index is 5.54. The summed E-state index contributed by atoms with van der Waals surface area (Å²) in [6.07, 6.45) is 0. The Morgan fingerprint density at radius 3 is 2.53 bits per heavy atom. The SMILES string of the molecule is Cc1ccc(CN(C)CC(C)(C)CS)o1. The normalized spacial score (nSPS) is 12.4. The van der Waals surface area contributed by atoms with Crippen molar-refractivity contribution in [1.82, 2.24) is 4.90 Å². The van der Waals surface area contributed by atoms with Crippen LogP contribution in [-0.4, -0.2) is 24.2 Å². The zero-order valence-corrected chi connectivity index (χ0v) is 11.0. The summed E-state index contributed by atoms with van der Waals surface area (Å²) in [5, 5.41) is 0. The van der Waals surface area contributed by atoms with Crippen LogP contribution in [0.1, 0.15) is 25.4 Å². The molecule has 86 valence electrons. The number of nitrogens with zero attached hydrogens (tertiary/aromatic N) is 1. The first-order valence-electron chi connectivity index (χ1n) is 5.28. The molecule has 1 aromatic heterocycles. The summed E-state index contributed by atoms with van der Waals surface area (Å²) in [6, 6.07) is 4.05. The van der Waals surface area contributed by atoms with Gasteiger partial charge in [0.05, 0.1) is 6.54 Å². The Bertz CT molecular complexity index is 306. The molecule has 1 rings (SSSR count). The van der Waals surface area contributed by atoms with E-state index in [9.17, 15) is 0 Å². The van der Waals surface area contributed by atoms with Crippen LogP contribution >= 0.6 is 12.6 Å². The third-order valence-corrected chi connectivity index (χ3v) is 3.20. The molecule has 0 aliphatic rings. The lowest BCUT2D eigenvalue weighted by molar-refractivity contribution is 0.211. The van der Waals surface area contributed by atoms with Crippen LogP contribution in [0.4, 0.5) is 0 Å². The van der Waals surface area contributed by atoms with Crippen molar-refractivity contribution in [2.75, 3.05) is 19.3 Å². The highest BCUT2D eigenvalue weighted by molar-refractivity contribution is 7.80. The Morgan fingerprint density at radius 1 is 1.40 bits per heavy atom. The molecular formula is C12H21NOS. The summed E-state index contributed by atoms with van der Waals surface area (Å²) in [6.45, 7) is 8.32. The van der Waals surface area contributed by atoms with Gasteiger partial charge in [0.25, 0.3) is 0 Å². The summed E-state index contributed by atoms with van der Waals surface area (Å²) in [7, 11) is 2.11. The van der Waals surface area contributed by atoms with Gasteiger partial charge in [0.2, 0.25) is 0 Å². The summed E-state index contributed by atoms with van der Waals surface area (Å²) >= 11 is 4.36. The van der Waals surface area contributed by atoms with Crippen molar-refractivity contribution < 1.29 is 4.42 Å². The highest BCUT2D eigenvalue weighted by atomic mass is 32.1. The molecule has 0 amide bonds. The van der Waals surface area contributed by atoms with E-state index in [1.54, 1.807) is 0 Å². The van der Waals surface area contributed by atoms with Crippen molar-refractivity contribution in [3.05, 3.63) is 23.7 Å². The lowest BCUT2D eigenvalue weighted by Gasteiger charge is -2.28. The van der Waals surface area contributed by atoms with Crippen molar-refractivity contribution in [3.63, 3.8) is 0 Å². The number of aryl methyl sites for hydroxylation is 1. The molecule has 3 heteroatoms. The highest BCUT2D eigenvalue weighted by Crippen LogP contribution is 2.19. The Kier molecular flexibility index (Phi) is 4.29. The average Bonchev–Trinajstić information content (AvgIpc) is 2.50. The van der Waals surface area contributed by atoms with Crippen LogP contribution in [0.5, 0.6) is 0 Å². The Balaban J connectivity index is 2.46. The molecule has 0 fully saturated rings. The minimum Gasteiger partial charge on any atom is -0.465 e. The minimum absolute atomic E-state index is 0.250. The third-order valence-electron chi connectivity index (χ3n) is 2.35. The molecule has 0 radical (unpaired) electrons. The van der Waals surface area contributed by atoms with E-state index in [4.69, 9.17) is 4.42 Å². The van der Waals surface area contributed by atoms with Gasteiger partial charge in [0.15, 0.2) is 0 Å². The van der Waals surface area contributed by atoms with Gasteiger partial charge in [-0.3, -0.25) is 4.90 Å². The molecular weight excluding hydrogens is 206 g/mol. The predicted octanol–water partition coefficient (Wildman–Crippen LogP) is 2.98. The van der Waals surface area contributed by atoms with Crippen LogP contribution in [-0.2, 0) is 6.54 Å². The van der Waals surface area contributed by atoms with Crippen molar-refractivity contribution in [1.29, 1.82) is 0 Å². The lowest BCUT2D eigenvalue weighted by Crippen LogP contribution is -2.32. The van der Waals surface area contributed by atoms with E-state index in [0.29, 0.717) is 0 Å². The topological polar surface area (TPSA) is 16.4 Å². The van der Waals surface area contributed by atoms with Crippen molar-refractivity contribution in [3.8, 4) is 0 Å². The van der Waals surface area contributed by atoms with Gasteiger partial charge < -0.3 is 4.42 Å². The molecule has 2 nitrogen and oxygen atoms in total. The fourth-order valence-corrected chi connectivity index (χ4v) is 1.77. The van der Waals surface area contributed by atoms with Crippen LogP contribution in [0.15, 0.2) is 16.5 Å². The second kappa shape index (κ2) is 5.08. The van der Waals surface area contributed by atoms with E-state index in [1.807, 2.05) is 19.1 Å². The first kappa shape index (κ1) is 12.7. The second-order valence-corrected chi connectivity index (χ2v) is 5.32. The molecule has 0 spiro atoms. The van der Waals surface area contributed by atoms with Gasteiger partial charge in [0.1, 0.15) is 11.5 Å². The smallest absolute Gasteiger partial charge is 0.118 e. The fraction of sp³-hybridized carbons (Fsp3) is 0.667. The van der Waals surface area contributed by atoms with Crippen LogP contribution in [0.2, 0.25) is 0 Å². The van der Waals surface area contributed by atoms with E-state index in [-0.39, 0.29) is 5.41 Å². The van der Waals surface area contributed by atoms with Gasteiger partial charge in [-0.05, 0) is 37.3 Å². The first-order valence-corrected chi connectivity index (χ1v) is 5.91. The molecule has 0 aliphatic heterocycles. The number of rotatable bonds is 5. The Hall–Kier alpha value is -0.410. The van der Waals surface area contributed by atoms with Crippen LogP contribution < -0.4 is 0 Å². The molecule has 0 bridgehead atoms. The van der Waals surface area contributed by atoms with Gasteiger partial charge in [-0.2, -0.15) is 12.6 Å². The lowest BCUT2D eigenvalue weighted by atomic mass is 9.96. The molecule has 15 heavy (non-hydrogen) atoms. The highest BCUT2D eigenvalue weighted by Gasteiger charge is 2.18. The summed E-state index contributed by atoms with van der Waals surface area (Å²) in [5.74, 6) is 2.91. The first-order chi connectivity index (χ1) is 6.93. The van der Waals surface area contributed by atoms with Crippen LogP contribution in [0.3, 0.4) is 0 Å². The van der Waals surface area contributed by atoms with Crippen LogP contribution in [0.25, 0.3) is 0 Å². The standard InChI is InChI=1S/C12H21NOS/c1-10-5-6-11(14-10)7-13(4)8-12(2,3)9-15/h5-6,15H,7-9H2,1-4H3. The van der Waals surface area contributed by atoms with Gasteiger partial charge in [-0.25, -0.2) is 0 Å². The molecule has 1 heterocycles. The van der Waals surface area contributed by atoms with Gasteiger partial charge in [-0.15, -0.1) is 0 Å². The van der Waals surface area contributed by atoms with E-state index in [1.165, 1.54) is 0 Å². The summed E-state index contributed by atoms with van der Waals surface area (Å²) in [4.78, 5) is 2.27. The molecule has 0 saturated heterocycles. The quantitative estimate of drug-likeness (QED) is 0.779. The molecule has 0 aliphatic carbocycles. The largest absolute Gasteiger partial charge is 0.465 e. The number of hydrogen-bond donors (Lipinski definition) is 1. The Labute approximate surface area is 98.1 Å². The second-order valence-electron chi connectivity index (χ2n) is 5.01.